The molecule has 4 heteroatoms. The second-order valence-electron chi connectivity index (χ2n) is 6.07. The summed E-state index contributed by atoms with van der Waals surface area (Å²) in [5.74, 6) is 0.0221. The highest BCUT2D eigenvalue weighted by Crippen LogP contribution is 2.36. The molecule has 2 nitrogen and oxygen atoms in total. The Morgan fingerprint density at radius 2 is 1.64 bits per heavy atom. The lowest BCUT2D eigenvalue weighted by Crippen LogP contribution is -2.28. The Morgan fingerprint density at radius 3 is 2.24 bits per heavy atom. The van der Waals surface area contributed by atoms with Gasteiger partial charge in [0.1, 0.15) is 4.32 Å². The third-order valence-electron chi connectivity index (χ3n) is 4.41. The molecule has 0 radical (unpaired) electrons. The first kappa shape index (κ1) is 16.3. The molecule has 0 aromatic heterocycles. The number of hydrogen-bond acceptors (Lipinski definition) is 3. The van der Waals surface area contributed by atoms with E-state index in [-0.39, 0.29) is 5.91 Å². The van der Waals surface area contributed by atoms with Crippen molar-refractivity contribution in [3.8, 4) is 0 Å². The summed E-state index contributed by atoms with van der Waals surface area (Å²) < 4.78 is 0.655. The van der Waals surface area contributed by atoms with Crippen molar-refractivity contribution in [1.29, 1.82) is 0 Å². The SMILES string of the molecule is CCCN1C(=O)/C(=C/c2c3ccccc3cc3ccccc23)SC1=S. The van der Waals surface area contributed by atoms with Crippen LogP contribution in [0.25, 0.3) is 27.6 Å². The van der Waals surface area contributed by atoms with Gasteiger partial charge in [-0.2, -0.15) is 0 Å². The van der Waals surface area contributed by atoms with Crippen LogP contribution < -0.4 is 0 Å². The van der Waals surface area contributed by atoms with Crippen LogP contribution in [0.15, 0.2) is 59.5 Å². The Balaban J connectivity index is 1.94. The number of rotatable bonds is 3. The molecule has 1 saturated heterocycles. The van der Waals surface area contributed by atoms with Crippen LogP contribution in [0.2, 0.25) is 0 Å². The molecule has 1 aliphatic rings. The number of amides is 1. The van der Waals surface area contributed by atoms with E-state index in [2.05, 4.69) is 37.3 Å². The first-order valence-corrected chi connectivity index (χ1v) is 9.57. The molecule has 4 rings (SSSR count). The van der Waals surface area contributed by atoms with Gasteiger partial charge in [0.2, 0.25) is 0 Å². The Kier molecular flexibility index (Phi) is 4.32. The second-order valence-corrected chi connectivity index (χ2v) is 7.74. The minimum atomic E-state index is 0.0221. The summed E-state index contributed by atoms with van der Waals surface area (Å²) in [5.41, 5.74) is 1.09. The molecule has 1 heterocycles. The summed E-state index contributed by atoms with van der Waals surface area (Å²) in [6, 6.07) is 18.8. The van der Waals surface area contributed by atoms with Gasteiger partial charge in [0, 0.05) is 6.54 Å². The van der Waals surface area contributed by atoms with E-state index >= 15 is 0 Å². The number of fused-ring (bicyclic) bond motifs is 2. The van der Waals surface area contributed by atoms with Crippen molar-refractivity contribution in [3.63, 3.8) is 0 Å². The zero-order valence-electron chi connectivity index (χ0n) is 13.9. The van der Waals surface area contributed by atoms with Crippen LogP contribution >= 0.6 is 24.0 Å². The molecule has 3 aromatic carbocycles. The maximum Gasteiger partial charge on any atom is 0.266 e. The van der Waals surface area contributed by atoms with E-state index in [1.807, 2.05) is 30.3 Å². The zero-order chi connectivity index (χ0) is 17.4. The minimum Gasteiger partial charge on any atom is -0.293 e. The number of carbonyl (C=O) groups excluding carboxylic acids is 1. The van der Waals surface area contributed by atoms with Crippen LogP contribution in [-0.2, 0) is 4.79 Å². The second kappa shape index (κ2) is 6.62. The monoisotopic (exact) mass is 363 g/mol. The van der Waals surface area contributed by atoms with Crippen molar-refractivity contribution in [2.24, 2.45) is 0 Å². The van der Waals surface area contributed by atoms with E-state index in [0.717, 1.165) is 22.8 Å². The fourth-order valence-electron chi connectivity index (χ4n) is 3.25. The molecule has 0 saturated carbocycles. The van der Waals surface area contributed by atoms with E-state index in [1.54, 1.807) is 4.90 Å². The van der Waals surface area contributed by atoms with Crippen LogP contribution in [0.3, 0.4) is 0 Å². The van der Waals surface area contributed by atoms with Crippen molar-refractivity contribution < 1.29 is 4.79 Å². The predicted molar refractivity (Wildman–Crippen MR) is 112 cm³/mol. The maximum absolute atomic E-state index is 12.7. The highest BCUT2D eigenvalue weighted by Gasteiger charge is 2.31. The molecule has 3 aromatic rings. The molecule has 1 aliphatic heterocycles. The van der Waals surface area contributed by atoms with Crippen LogP contribution in [0.5, 0.6) is 0 Å². The van der Waals surface area contributed by atoms with Gasteiger partial charge in [-0.3, -0.25) is 9.69 Å². The zero-order valence-corrected chi connectivity index (χ0v) is 15.5. The molecule has 25 heavy (non-hydrogen) atoms. The van der Waals surface area contributed by atoms with Gasteiger partial charge < -0.3 is 0 Å². The minimum absolute atomic E-state index is 0.0221. The standard InChI is InChI=1S/C21H17NOS2/c1-2-11-22-20(23)19(25-21(22)24)13-18-16-9-5-3-7-14(16)12-15-8-4-6-10-17(15)18/h3-10,12-13H,2,11H2,1H3/b19-13-. The summed E-state index contributed by atoms with van der Waals surface area (Å²) >= 11 is 6.80. The molecule has 0 spiro atoms. The maximum atomic E-state index is 12.7. The Hall–Kier alpha value is -2.17. The van der Waals surface area contributed by atoms with Crippen LogP contribution in [0.1, 0.15) is 18.9 Å². The number of carbonyl (C=O) groups is 1. The molecule has 0 atom stereocenters. The van der Waals surface area contributed by atoms with Gasteiger partial charge in [-0.25, -0.2) is 0 Å². The number of benzene rings is 3. The predicted octanol–water partition coefficient (Wildman–Crippen LogP) is 5.60. The van der Waals surface area contributed by atoms with Crippen molar-refractivity contribution in [1.82, 2.24) is 4.90 Å². The number of thioether (sulfide) groups is 1. The molecule has 0 N–H and O–H groups in total. The normalized spacial score (nSPS) is 16.5. The highest BCUT2D eigenvalue weighted by molar-refractivity contribution is 8.26. The van der Waals surface area contributed by atoms with Gasteiger partial charge in [-0.05, 0) is 45.7 Å². The Labute approximate surface area is 156 Å². The quantitative estimate of drug-likeness (QED) is 0.343. The fraction of sp³-hybridized carbons (Fsp3) is 0.143. The van der Waals surface area contributed by atoms with Gasteiger partial charge in [-0.1, -0.05) is 79.4 Å². The van der Waals surface area contributed by atoms with Gasteiger partial charge >= 0.3 is 0 Å². The lowest BCUT2D eigenvalue weighted by atomic mass is 9.96. The average molecular weight is 364 g/mol. The molecule has 1 amide bonds. The largest absolute Gasteiger partial charge is 0.293 e. The van der Waals surface area contributed by atoms with E-state index in [1.165, 1.54) is 22.5 Å². The molecule has 124 valence electrons. The number of nitrogens with zero attached hydrogens (tertiary/aromatic N) is 1. The third-order valence-corrected chi connectivity index (χ3v) is 5.79. The first-order valence-electron chi connectivity index (χ1n) is 8.35. The fourth-order valence-corrected chi connectivity index (χ4v) is 4.54. The van der Waals surface area contributed by atoms with E-state index < -0.39 is 0 Å². The van der Waals surface area contributed by atoms with Gasteiger partial charge in [-0.15, -0.1) is 0 Å². The average Bonchev–Trinajstić information content (AvgIpc) is 2.89. The smallest absolute Gasteiger partial charge is 0.266 e. The summed E-state index contributed by atoms with van der Waals surface area (Å²) in [5, 5.41) is 4.66. The van der Waals surface area contributed by atoms with Gasteiger partial charge in [0.05, 0.1) is 4.91 Å². The van der Waals surface area contributed by atoms with Crippen molar-refractivity contribution in [2.45, 2.75) is 13.3 Å². The Morgan fingerprint density at radius 1 is 1.04 bits per heavy atom. The van der Waals surface area contributed by atoms with Gasteiger partial charge in [0.15, 0.2) is 0 Å². The molecule has 1 fully saturated rings. The van der Waals surface area contributed by atoms with Crippen LogP contribution in [0, 0.1) is 0 Å². The summed E-state index contributed by atoms with van der Waals surface area (Å²) in [6.07, 6.45) is 2.91. The molecular weight excluding hydrogens is 346 g/mol. The lowest BCUT2D eigenvalue weighted by molar-refractivity contribution is -0.122. The molecule has 0 unspecified atom stereocenters. The molecule has 0 aliphatic carbocycles. The van der Waals surface area contributed by atoms with E-state index in [0.29, 0.717) is 15.8 Å². The summed E-state index contributed by atoms with van der Waals surface area (Å²) in [4.78, 5) is 15.1. The topological polar surface area (TPSA) is 20.3 Å². The number of thiocarbonyl (C=S) groups is 1. The van der Waals surface area contributed by atoms with Crippen molar-refractivity contribution >= 4 is 61.8 Å². The molecular formula is C21H17NOS2. The molecule has 0 bridgehead atoms. The van der Waals surface area contributed by atoms with Crippen molar-refractivity contribution in [2.75, 3.05) is 6.54 Å². The van der Waals surface area contributed by atoms with E-state index in [4.69, 9.17) is 12.2 Å². The summed E-state index contributed by atoms with van der Waals surface area (Å²) in [6.45, 7) is 2.73. The highest BCUT2D eigenvalue weighted by atomic mass is 32.2. The Bertz CT molecular complexity index is 984. The first-order chi connectivity index (χ1) is 12.2. The lowest BCUT2D eigenvalue weighted by Gasteiger charge is -2.12. The number of hydrogen-bond donors (Lipinski definition) is 0. The summed E-state index contributed by atoms with van der Waals surface area (Å²) in [7, 11) is 0. The van der Waals surface area contributed by atoms with E-state index in [9.17, 15) is 4.79 Å². The third kappa shape index (κ3) is 2.86. The van der Waals surface area contributed by atoms with Crippen LogP contribution in [0.4, 0.5) is 0 Å². The van der Waals surface area contributed by atoms with Crippen molar-refractivity contribution in [3.05, 3.63) is 65.1 Å². The van der Waals surface area contributed by atoms with Crippen LogP contribution in [-0.4, -0.2) is 21.7 Å². The van der Waals surface area contributed by atoms with Gasteiger partial charge in [0.25, 0.3) is 5.91 Å².